The molecule has 6 heteroatoms. The monoisotopic (exact) mass is 409 g/mol. The van der Waals surface area contributed by atoms with Crippen LogP contribution in [0.25, 0.3) is 0 Å². The van der Waals surface area contributed by atoms with Crippen molar-refractivity contribution in [3.63, 3.8) is 0 Å². The minimum absolute atomic E-state index is 0.0605. The number of benzene rings is 2. The highest BCUT2D eigenvalue weighted by molar-refractivity contribution is 5.78. The van der Waals surface area contributed by atoms with Crippen molar-refractivity contribution in [3.8, 4) is 11.5 Å². The molecule has 6 nitrogen and oxygen atoms in total. The lowest BCUT2D eigenvalue weighted by Gasteiger charge is -2.34. The highest BCUT2D eigenvalue weighted by Gasteiger charge is 2.19. The van der Waals surface area contributed by atoms with Crippen LogP contribution in [-0.2, 0) is 17.9 Å². The number of amides is 1. The van der Waals surface area contributed by atoms with Crippen molar-refractivity contribution in [2.24, 2.45) is 0 Å². The number of nitrogens with one attached hydrogen (secondary N) is 1. The van der Waals surface area contributed by atoms with Crippen molar-refractivity contribution >= 4 is 5.91 Å². The average molecular weight is 410 g/mol. The van der Waals surface area contributed by atoms with Crippen molar-refractivity contribution in [1.82, 2.24) is 15.1 Å². The number of hydrogen-bond donors (Lipinski definition) is 1. The van der Waals surface area contributed by atoms with E-state index in [4.69, 9.17) is 9.47 Å². The van der Waals surface area contributed by atoms with E-state index in [1.54, 1.807) is 0 Å². The van der Waals surface area contributed by atoms with Gasteiger partial charge in [0.15, 0.2) is 11.5 Å². The third-order valence-corrected chi connectivity index (χ3v) is 5.81. The summed E-state index contributed by atoms with van der Waals surface area (Å²) in [4.78, 5) is 17.0. The summed E-state index contributed by atoms with van der Waals surface area (Å²) in [5, 5.41) is 3.01. The number of nitrogens with zero attached hydrogens (tertiary/aromatic N) is 2. The number of carbonyl (C=O) groups excluding carboxylic acids is 1. The molecule has 4 rings (SSSR count). The van der Waals surface area contributed by atoms with E-state index in [1.165, 1.54) is 11.1 Å². The second kappa shape index (κ2) is 9.49. The maximum Gasteiger partial charge on any atom is 0.234 e. The van der Waals surface area contributed by atoms with Gasteiger partial charge in [-0.2, -0.15) is 0 Å². The van der Waals surface area contributed by atoms with Gasteiger partial charge in [-0.15, -0.1) is 0 Å². The van der Waals surface area contributed by atoms with E-state index in [-0.39, 0.29) is 12.7 Å². The molecule has 0 aromatic heterocycles. The third-order valence-electron chi connectivity index (χ3n) is 5.81. The Balaban J connectivity index is 1.17. The van der Waals surface area contributed by atoms with Crippen LogP contribution >= 0.6 is 0 Å². The molecule has 2 aliphatic heterocycles. The van der Waals surface area contributed by atoms with Crippen molar-refractivity contribution in [2.75, 3.05) is 39.5 Å². The van der Waals surface area contributed by atoms with E-state index >= 15 is 0 Å². The average Bonchev–Trinajstić information content (AvgIpc) is 3.22. The topological polar surface area (TPSA) is 54.0 Å². The number of rotatable bonds is 7. The SMILES string of the molecule is CC(C)c1ccc(CN2CCN(CC(=O)NCc3ccc4c(c3)OCO4)CC2)cc1. The van der Waals surface area contributed by atoms with Gasteiger partial charge in [-0.1, -0.05) is 44.2 Å². The van der Waals surface area contributed by atoms with Crippen LogP contribution in [0.4, 0.5) is 0 Å². The largest absolute Gasteiger partial charge is 0.454 e. The summed E-state index contributed by atoms with van der Waals surface area (Å²) in [5.74, 6) is 2.14. The molecule has 30 heavy (non-hydrogen) atoms. The van der Waals surface area contributed by atoms with Gasteiger partial charge in [0.1, 0.15) is 0 Å². The summed E-state index contributed by atoms with van der Waals surface area (Å²) in [7, 11) is 0. The Kier molecular flexibility index (Phi) is 6.55. The lowest BCUT2D eigenvalue weighted by Crippen LogP contribution is -2.49. The lowest BCUT2D eigenvalue weighted by molar-refractivity contribution is -0.122. The summed E-state index contributed by atoms with van der Waals surface area (Å²) in [5.41, 5.74) is 3.76. The molecule has 160 valence electrons. The van der Waals surface area contributed by atoms with Gasteiger partial charge in [-0.05, 0) is 34.7 Å². The van der Waals surface area contributed by atoms with Crippen LogP contribution in [0.3, 0.4) is 0 Å². The molecule has 0 saturated carbocycles. The second-order valence-corrected chi connectivity index (χ2v) is 8.41. The lowest BCUT2D eigenvalue weighted by atomic mass is 10.0. The van der Waals surface area contributed by atoms with Gasteiger partial charge < -0.3 is 14.8 Å². The molecular weight excluding hydrogens is 378 g/mol. The Morgan fingerprint density at radius 1 is 0.933 bits per heavy atom. The van der Waals surface area contributed by atoms with Crippen LogP contribution < -0.4 is 14.8 Å². The fraction of sp³-hybridized carbons (Fsp3) is 0.458. The van der Waals surface area contributed by atoms with Crippen molar-refractivity contribution < 1.29 is 14.3 Å². The number of fused-ring (bicyclic) bond motifs is 1. The molecule has 0 radical (unpaired) electrons. The van der Waals surface area contributed by atoms with E-state index in [9.17, 15) is 4.79 Å². The normalized spacial score (nSPS) is 16.8. The van der Waals surface area contributed by atoms with Gasteiger partial charge in [0.25, 0.3) is 0 Å². The van der Waals surface area contributed by atoms with Crippen LogP contribution in [-0.4, -0.2) is 55.2 Å². The molecule has 0 spiro atoms. The first-order chi connectivity index (χ1) is 14.6. The van der Waals surface area contributed by atoms with E-state index in [0.29, 0.717) is 19.0 Å². The Morgan fingerprint density at radius 2 is 1.60 bits per heavy atom. The van der Waals surface area contributed by atoms with Crippen molar-refractivity contribution in [2.45, 2.75) is 32.9 Å². The van der Waals surface area contributed by atoms with Gasteiger partial charge in [-0.25, -0.2) is 0 Å². The van der Waals surface area contributed by atoms with E-state index in [2.05, 4.69) is 53.2 Å². The van der Waals surface area contributed by atoms with Gasteiger partial charge in [0, 0.05) is 39.3 Å². The number of ether oxygens (including phenoxy) is 2. The van der Waals surface area contributed by atoms with Gasteiger partial charge >= 0.3 is 0 Å². The van der Waals surface area contributed by atoms with Crippen LogP contribution in [0.1, 0.15) is 36.5 Å². The zero-order valence-electron chi connectivity index (χ0n) is 17.9. The zero-order chi connectivity index (χ0) is 20.9. The molecule has 2 heterocycles. The van der Waals surface area contributed by atoms with Gasteiger partial charge in [0.05, 0.1) is 6.54 Å². The van der Waals surface area contributed by atoms with Crippen LogP contribution in [0.2, 0.25) is 0 Å². The highest BCUT2D eigenvalue weighted by atomic mass is 16.7. The smallest absolute Gasteiger partial charge is 0.234 e. The molecule has 1 N–H and O–H groups in total. The zero-order valence-corrected chi connectivity index (χ0v) is 17.9. The summed E-state index contributed by atoms with van der Waals surface area (Å²) in [6.07, 6.45) is 0. The number of carbonyl (C=O) groups is 1. The van der Waals surface area contributed by atoms with Crippen molar-refractivity contribution in [3.05, 3.63) is 59.2 Å². The summed E-state index contributed by atoms with van der Waals surface area (Å²) in [6.45, 7) is 10.4. The van der Waals surface area contributed by atoms with Gasteiger partial charge in [0.2, 0.25) is 12.7 Å². The molecule has 1 fully saturated rings. The molecule has 1 amide bonds. The highest BCUT2D eigenvalue weighted by Crippen LogP contribution is 2.32. The Hall–Kier alpha value is -2.57. The van der Waals surface area contributed by atoms with Crippen LogP contribution in [0, 0.1) is 0 Å². The Labute approximate surface area is 178 Å². The summed E-state index contributed by atoms with van der Waals surface area (Å²) in [6, 6.07) is 14.7. The minimum atomic E-state index is 0.0605. The summed E-state index contributed by atoms with van der Waals surface area (Å²) >= 11 is 0. The first kappa shape index (κ1) is 20.7. The number of piperazine rings is 1. The molecule has 2 aromatic rings. The summed E-state index contributed by atoms with van der Waals surface area (Å²) < 4.78 is 10.7. The third kappa shape index (κ3) is 5.32. The fourth-order valence-corrected chi connectivity index (χ4v) is 3.88. The second-order valence-electron chi connectivity index (χ2n) is 8.41. The predicted octanol–water partition coefficient (Wildman–Crippen LogP) is 2.97. The molecule has 0 atom stereocenters. The van der Waals surface area contributed by atoms with Crippen LogP contribution in [0.5, 0.6) is 11.5 Å². The van der Waals surface area contributed by atoms with Crippen molar-refractivity contribution in [1.29, 1.82) is 0 Å². The maximum absolute atomic E-state index is 12.4. The standard InChI is InChI=1S/C24H31N3O3/c1-18(2)21-6-3-19(4-7-21)15-26-9-11-27(12-10-26)16-24(28)25-14-20-5-8-22-23(13-20)30-17-29-22/h3-8,13,18H,9-12,14-17H2,1-2H3,(H,25,28). The molecule has 0 aliphatic carbocycles. The van der Waals surface area contributed by atoms with Crippen LogP contribution in [0.15, 0.2) is 42.5 Å². The quantitative estimate of drug-likeness (QED) is 0.762. The first-order valence-corrected chi connectivity index (χ1v) is 10.8. The molecule has 2 aromatic carbocycles. The van der Waals surface area contributed by atoms with E-state index in [0.717, 1.165) is 49.8 Å². The number of hydrogen-bond acceptors (Lipinski definition) is 5. The first-order valence-electron chi connectivity index (χ1n) is 10.8. The minimum Gasteiger partial charge on any atom is -0.454 e. The van der Waals surface area contributed by atoms with E-state index < -0.39 is 0 Å². The molecule has 0 unspecified atom stereocenters. The maximum atomic E-state index is 12.4. The molecule has 1 saturated heterocycles. The van der Waals surface area contributed by atoms with Gasteiger partial charge in [-0.3, -0.25) is 14.6 Å². The van der Waals surface area contributed by atoms with E-state index in [1.807, 2.05) is 18.2 Å². The molecule has 2 aliphatic rings. The Morgan fingerprint density at radius 3 is 2.33 bits per heavy atom. The molecule has 0 bridgehead atoms. The predicted molar refractivity (Wildman–Crippen MR) is 117 cm³/mol. The molecular formula is C24H31N3O3. The Bertz CT molecular complexity index is 858. The fourth-order valence-electron chi connectivity index (χ4n) is 3.88.